The third-order valence-corrected chi connectivity index (χ3v) is 3.55. The van der Waals surface area contributed by atoms with Crippen molar-refractivity contribution in [2.75, 3.05) is 6.54 Å². The summed E-state index contributed by atoms with van der Waals surface area (Å²) >= 11 is 5.86. The minimum atomic E-state index is -0.352. The van der Waals surface area contributed by atoms with Crippen molar-refractivity contribution in [1.29, 1.82) is 5.26 Å². The van der Waals surface area contributed by atoms with Gasteiger partial charge in [0.25, 0.3) is 0 Å². The molecule has 0 unspecified atom stereocenters. The first-order valence-electron chi connectivity index (χ1n) is 7.57. The summed E-state index contributed by atoms with van der Waals surface area (Å²) in [5.74, 6) is 0.226. The Morgan fingerprint density at radius 3 is 2.62 bits per heavy atom. The van der Waals surface area contributed by atoms with Gasteiger partial charge in [-0.05, 0) is 42.8 Å². The summed E-state index contributed by atoms with van der Waals surface area (Å²) in [6.07, 6.45) is 0. The zero-order chi connectivity index (χ0) is 17.4. The van der Waals surface area contributed by atoms with Gasteiger partial charge in [0, 0.05) is 23.7 Å². The molecule has 2 rings (SSSR count). The average Bonchev–Trinajstić information content (AvgIpc) is 2.60. The Hall–Kier alpha value is -2.58. The number of guanidine groups is 1. The highest BCUT2D eigenvalue weighted by Crippen LogP contribution is 2.11. The van der Waals surface area contributed by atoms with Gasteiger partial charge in [-0.3, -0.25) is 0 Å². The number of nitrogens with one attached hydrogen (secondary N) is 2. The first kappa shape index (κ1) is 17.8. The van der Waals surface area contributed by atoms with Crippen molar-refractivity contribution in [3.8, 4) is 6.07 Å². The Kier molecular flexibility index (Phi) is 6.59. The van der Waals surface area contributed by atoms with E-state index in [1.54, 1.807) is 0 Å². The van der Waals surface area contributed by atoms with Gasteiger partial charge in [0.2, 0.25) is 0 Å². The molecule has 0 amide bonds. The van der Waals surface area contributed by atoms with Gasteiger partial charge in [0.15, 0.2) is 5.96 Å². The predicted octanol–water partition coefficient (Wildman–Crippen LogP) is 3.61. The van der Waals surface area contributed by atoms with Gasteiger partial charge in [-0.1, -0.05) is 23.7 Å². The van der Waals surface area contributed by atoms with E-state index in [9.17, 15) is 4.39 Å². The summed E-state index contributed by atoms with van der Waals surface area (Å²) in [5, 5.41) is 15.8. The van der Waals surface area contributed by atoms with E-state index in [4.69, 9.17) is 16.9 Å². The van der Waals surface area contributed by atoms with Crippen molar-refractivity contribution in [1.82, 2.24) is 10.6 Å². The summed E-state index contributed by atoms with van der Waals surface area (Å²) in [5.41, 5.74) is 1.87. The van der Waals surface area contributed by atoms with Gasteiger partial charge >= 0.3 is 0 Å². The van der Waals surface area contributed by atoms with E-state index in [-0.39, 0.29) is 12.4 Å². The molecule has 0 saturated carbocycles. The second-order valence-electron chi connectivity index (χ2n) is 5.09. The van der Waals surface area contributed by atoms with Gasteiger partial charge in [-0.2, -0.15) is 5.26 Å². The molecule has 2 aromatic rings. The molecule has 0 bridgehead atoms. The lowest BCUT2D eigenvalue weighted by Gasteiger charge is -2.12. The van der Waals surface area contributed by atoms with Crippen LogP contribution in [0.25, 0.3) is 0 Å². The van der Waals surface area contributed by atoms with Crippen molar-refractivity contribution in [2.24, 2.45) is 4.99 Å². The number of hydrogen-bond donors (Lipinski definition) is 2. The highest BCUT2D eigenvalue weighted by molar-refractivity contribution is 6.30. The van der Waals surface area contributed by atoms with Crippen molar-refractivity contribution < 1.29 is 4.39 Å². The Bertz CT molecular complexity index is 751. The van der Waals surface area contributed by atoms with Crippen LogP contribution in [0.15, 0.2) is 47.5 Å². The Morgan fingerprint density at radius 1 is 1.21 bits per heavy atom. The quantitative estimate of drug-likeness (QED) is 0.643. The Labute approximate surface area is 146 Å². The van der Waals surface area contributed by atoms with Crippen LogP contribution < -0.4 is 10.6 Å². The molecule has 0 aromatic heterocycles. The molecule has 0 radical (unpaired) electrons. The van der Waals surface area contributed by atoms with Gasteiger partial charge in [0.05, 0.1) is 18.2 Å². The number of nitriles is 1. The fourth-order valence-corrected chi connectivity index (χ4v) is 2.19. The molecule has 0 heterocycles. The molecule has 124 valence electrons. The van der Waals surface area contributed by atoms with Crippen molar-refractivity contribution in [3.05, 3.63) is 70.0 Å². The van der Waals surface area contributed by atoms with Crippen LogP contribution >= 0.6 is 11.6 Å². The van der Waals surface area contributed by atoms with E-state index in [0.29, 0.717) is 35.2 Å². The van der Waals surface area contributed by atoms with Crippen molar-refractivity contribution in [2.45, 2.75) is 20.0 Å². The maximum Gasteiger partial charge on any atom is 0.191 e. The van der Waals surface area contributed by atoms with E-state index in [1.807, 2.05) is 37.3 Å². The molecule has 0 spiro atoms. The second-order valence-corrected chi connectivity index (χ2v) is 5.53. The highest BCUT2D eigenvalue weighted by Gasteiger charge is 2.05. The molecule has 0 aliphatic heterocycles. The van der Waals surface area contributed by atoms with Crippen LogP contribution in [0.1, 0.15) is 23.6 Å². The summed E-state index contributed by atoms with van der Waals surface area (Å²) in [6, 6.07) is 13.7. The minimum absolute atomic E-state index is 0.244. The summed E-state index contributed by atoms with van der Waals surface area (Å²) in [7, 11) is 0. The number of halogens is 2. The monoisotopic (exact) mass is 344 g/mol. The molecular formula is C18H18ClFN4. The van der Waals surface area contributed by atoms with Gasteiger partial charge in [-0.25, -0.2) is 9.38 Å². The van der Waals surface area contributed by atoms with Crippen LogP contribution in [0.5, 0.6) is 0 Å². The largest absolute Gasteiger partial charge is 0.357 e. The maximum atomic E-state index is 13.8. The molecule has 0 fully saturated rings. The van der Waals surface area contributed by atoms with E-state index in [2.05, 4.69) is 15.6 Å². The molecule has 4 nitrogen and oxygen atoms in total. The second kappa shape index (κ2) is 8.90. The lowest BCUT2D eigenvalue weighted by molar-refractivity contribution is 0.604. The first-order chi connectivity index (χ1) is 11.6. The summed E-state index contributed by atoms with van der Waals surface area (Å²) in [4.78, 5) is 4.46. The molecule has 6 heteroatoms. The fraction of sp³-hybridized carbons (Fsp3) is 0.222. The number of nitrogens with zero attached hydrogens (tertiary/aromatic N) is 2. The number of benzene rings is 2. The highest BCUT2D eigenvalue weighted by atomic mass is 35.5. The zero-order valence-electron chi connectivity index (χ0n) is 13.3. The zero-order valence-corrected chi connectivity index (χ0v) is 14.1. The van der Waals surface area contributed by atoms with Crippen LogP contribution in [0, 0.1) is 17.1 Å². The summed E-state index contributed by atoms with van der Waals surface area (Å²) in [6.45, 7) is 3.37. The molecular weight excluding hydrogens is 327 g/mol. The fourth-order valence-electron chi connectivity index (χ4n) is 2.06. The topological polar surface area (TPSA) is 60.2 Å². The SMILES string of the molecule is CCNC(=NCc1ccc(Cl)cc1)NCc1cc(C#N)ccc1F. The smallest absolute Gasteiger partial charge is 0.191 e. The van der Waals surface area contributed by atoms with Crippen molar-refractivity contribution >= 4 is 17.6 Å². The van der Waals surface area contributed by atoms with E-state index in [1.165, 1.54) is 18.2 Å². The third kappa shape index (κ3) is 5.25. The standard InChI is InChI=1S/C18H18ClFN4/c1-2-22-18(23-11-13-3-6-16(19)7-4-13)24-12-15-9-14(10-21)5-8-17(15)20/h3-9H,2,11-12H2,1H3,(H2,22,23,24). The molecule has 24 heavy (non-hydrogen) atoms. The predicted molar refractivity (Wildman–Crippen MR) is 94.2 cm³/mol. The van der Waals surface area contributed by atoms with Crippen LogP contribution in [0.4, 0.5) is 4.39 Å². The van der Waals surface area contributed by atoms with Gasteiger partial charge < -0.3 is 10.6 Å². The first-order valence-corrected chi connectivity index (χ1v) is 7.95. The normalized spacial score (nSPS) is 11.0. The molecule has 0 aliphatic rings. The van der Waals surface area contributed by atoms with Gasteiger partial charge in [0.1, 0.15) is 5.82 Å². The molecule has 2 N–H and O–H groups in total. The number of aliphatic imine (C=N–C) groups is 1. The van der Waals surface area contributed by atoms with E-state index in [0.717, 1.165) is 5.56 Å². The van der Waals surface area contributed by atoms with E-state index < -0.39 is 0 Å². The van der Waals surface area contributed by atoms with Crippen molar-refractivity contribution in [3.63, 3.8) is 0 Å². The Morgan fingerprint density at radius 2 is 1.96 bits per heavy atom. The van der Waals surface area contributed by atoms with E-state index >= 15 is 0 Å². The molecule has 0 aliphatic carbocycles. The lowest BCUT2D eigenvalue weighted by Crippen LogP contribution is -2.37. The number of rotatable bonds is 5. The number of hydrogen-bond acceptors (Lipinski definition) is 2. The van der Waals surface area contributed by atoms with Crippen LogP contribution in [-0.2, 0) is 13.1 Å². The van der Waals surface area contributed by atoms with Crippen LogP contribution in [-0.4, -0.2) is 12.5 Å². The maximum absolute atomic E-state index is 13.8. The Balaban J connectivity index is 2.04. The van der Waals surface area contributed by atoms with Gasteiger partial charge in [-0.15, -0.1) is 0 Å². The molecule has 2 aromatic carbocycles. The third-order valence-electron chi connectivity index (χ3n) is 3.30. The van der Waals surface area contributed by atoms with Crippen LogP contribution in [0.3, 0.4) is 0 Å². The minimum Gasteiger partial charge on any atom is -0.357 e. The average molecular weight is 345 g/mol. The lowest BCUT2D eigenvalue weighted by atomic mass is 10.1. The summed E-state index contributed by atoms with van der Waals surface area (Å²) < 4.78 is 13.8. The van der Waals surface area contributed by atoms with Crippen LogP contribution in [0.2, 0.25) is 5.02 Å². The molecule has 0 saturated heterocycles. The molecule has 0 atom stereocenters.